The van der Waals surface area contributed by atoms with Crippen molar-refractivity contribution >= 4 is 6.09 Å². The largest absolute Gasteiger partial charge is 0.443 e. The van der Waals surface area contributed by atoms with E-state index in [2.05, 4.69) is 55.4 Å². The van der Waals surface area contributed by atoms with Crippen molar-refractivity contribution < 1.29 is 9.53 Å². The number of hydrogen-bond donors (Lipinski definition) is 0. The zero-order chi connectivity index (χ0) is 14.4. The van der Waals surface area contributed by atoms with Crippen LogP contribution in [0.2, 0.25) is 0 Å². The number of ether oxygens (including phenoxy) is 1. The zero-order valence-corrected chi connectivity index (χ0v) is 13.3. The first-order valence-corrected chi connectivity index (χ1v) is 6.87. The summed E-state index contributed by atoms with van der Waals surface area (Å²) in [7, 11) is 0. The summed E-state index contributed by atoms with van der Waals surface area (Å²) in [4.78, 5) is 14.2. The van der Waals surface area contributed by atoms with Gasteiger partial charge in [0.05, 0.1) is 0 Å². The summed E-state index contributed by atoms with van der Waals surface area (Å²) in [5, 5.41) is 0. The second-order valence-electron chi connectivity index (χ2n) is 7.94. The van der Waals surface area contributed by atoms with Crippen LogP contribution in [0.25, 0.3) is 0 Å². The summed E-state index contributed by atoms with van der Waals surface area (Å²) in [6, 6.07) is 0. The van der Waals surface area contributed by atoms with Crippen molar-refractivity contribution in [2.24, 2.45) is 11.3 Å². The Balaban J connectivity index is 3.06. The third-order valence-electron chi connectivity index (χ3n) is 4.16. The molecule has 0 saturated carbocycles. The van der Waals surface area contributed by atoms with Crippen LogP contribution in [0.1, 0.15) is 61.8 Å². The van der Waals surface area contributed by atoms with Crippen molar-refractivity contribution in [1.29, 1.82) is 0 Å². The molecule has 1 aliphatic heterocycles. The fourth-order valence-corrected chi connectivity index (χ4v) is 2.41. The van der Waals surface area contributed by atoms with Gasteiger partial charge in [-0.1, -0.05) is 27.7 Å². The molecule has 0 unspecified atom stereocenters. The molecule has 0 spiro atoms. The van der Waals surface area contributed by atoms with E-state index in [0.717, 1.165) is 13.0 Å². The Morgan fingerprint density at radius 1 is 1.22 bits per heavy atom. The van der Waals surface area contributed by atoms with Crippen molar-refractivity contribution in [2.75, 3.05) is 6.54 Å². The van der Waals surface area contributed by atoms with E-state index in [1.807, 2.05) is 4.90 Å². The van der Waals surface area contributed by atoms with Gasteiger partial charge in [-0.15, -0.1) is 0 Å². The lowest BCUT2D eigenvalue weighted by Crippen LogP contribution is -2.49. The minimum absolute atomic E-state index is 0.0508. The van der Waals surface area contributed by atoms with Gasteiger partial charge < -0.3 is 9.64 Å². The highest BCUT2D eigenvalue weighted by Crippen LogP contribution is 2.41. The maximum Gasteiger partial charge on any atom is 0.410 e. The van der Waals surface area contributed by atoms with Gasteiger partial charge in [-0.05, 0) is 40.0 Å². The number of carbonyl (C=O) groups is 1. The minimum Gasteiger partial charge on any atom is -0.443 e. The van der Waals surface area contributed by atoms with Gasteiger partial charge in [0, 0.05) is 17.5 Å². The van der Waals surface area contributed by atoms with Crippen molar-refractivity contribution in [2.45, 2.75) is 73.0 Å². The molecular weight excluding hydrogens is 226 g/mol. The Kier molecular flexibility index (Phi) is 3.77. The van der Waals surface area contributed by atoms with Gasteiger partial charge in [0.2, 0.25) is 0 Å². The van der Waals surface area contributed by atoms with Gasteiger partial charge in [0.25, 0.3) is 0 Å². The van der Waals surface area contributed by atoms with Crippen molar-refractivity contribution in [3.63, 3.8) is 0 Å². The molecule has 0 N–H and O–H groups in total. The number of hydrogen-bond acceptors (Lipinski definition) is 2. The van der Waals surface area contributed by atoms with Crippen LogP contribution in [0.5, 0.6) is 0 Å². The molecular formula is C15H29NO2. The molecule has 18 heavy (non-hydrogen) atoms. The van der Waals surface area contributed by atoms with Crippen molar-refractivity contribution in [3.05, 3.63) is 0 Å². The average Bonchev–Trinajstić information content (AvgIpc) is 2.20. The first-order chi connectivity index (χ1) is 7.87. The van der Waals surface area contributed by atoms with E-state index in [1.54, 1.807) is 0 Å². The molecule has 106 valence electrons. The summed E-state index contributed by atoms with van der Waals surface area (Å²) in [6.45, 7) is 17.6. The smallest absolute Gasteiger partial charge is 0.410 e. The van der Waals surface area contributed by atoms with E-state index >= 15 is 0 Å². The van der Waals surface area contributed by atoms with E-state index in [4.69, 9.17) is 4.74 Å². The predicted octanol–water partition coefficient (Wildman–Crippen LogP) is 4.07. The fraction of sp³-hybridized carbons (Fsp3) is 0.933. The second kappa shape index (κ2) is 4.43. The normalized spacial score (nSPS) is 31.0. The van der Waals surface area contributed by atoms with Crippen LogP contribution >= 0.6 is 0 Å². The van der Waals surface area contributed by atoms with Crippen molar-refractivity contribution in [3.8, 4) is 0 Å². The fourth-order valence-electron chi connectivity index (χ4n) is 2.41. The maximum absolute atomic E-state index is 12.4. The summed E-state index contributed by atoms with van der Waals surface area (Å²) in [5.41, 5.74) is -0.636. The molecule has 1 rings (SSSR count). The van der Waals surface area contributed by atoms with Gasteiger partial charge in [0.1, 0.15) is 5.60 Å². The number of rotatable bonds is 0. The summed E-state index contributed by atoms with van der Waals surface area (Å²) in [5.74, 6) is 0.444. The number of cyclic esters (lactones) is 1. The molecule has 2 atom stereocenters. The molecule has 0 aromatic heterocycles. The Bertz CT molecular complexity index is 324. The lowest BCUT2D eigenvalue weighted by Gasteiger charge is -2.41. The van der Waals surface area contributed by atoms with E-state index < -0.39 is 5.60 Å². The van der Waals surface area contributed by atoms with E-state index in [0.29, 0.717) is 5.92 Å². The molecule has 3 nitrogen and oxygen atoms in total. The quantitative estimate of drug-likeness (QED) is 0.653. The van der Waals surface area contributed by atoms with Gasteiger partial charge in [-0.2, -0.15) is 0 Å². The Labute approximate surface area is 112 Å². The molecule has 1 amide bonds. The molecule has 1 heterocycles. The number of carbonyl (C=O) groups excluding carboxylic acids is 1. The van der Waals surface area contributed by atoms with Crippen LogP contribution in [0.15, 0.2) is 0 Å². The Morgan fingerprint density at radius 3 is 2.11 bits per heavy atom. The van der Waals surface area contributed by atoms with Gasteiger partial charge >= 0.3 is 6.09 Å². The first-order valence-electron chi connectivity index (χ1n) is 6.87. The van der Waals surface area contributed by atoms with Crippen LogP contribution in [-0.4, -0.2) is 28.7 Å². The molecule has 1 saturated heterocycles. The SMILES string of the molecule is C[C@H]1CN(C(C)(C)C)C(=O)O[C@@](C)(C(C)(C)C)C1. The lowest BCUT2D eigenvalue weighted by atomic mass is 9.73. The summed E-state index contributed by atoms with van der Waals surface area (Å²) < 4.78 is 5.86. The molecule has 0 aliphatic carbocycles. The van der Waals surface area contributed by atoms with Gasteiger partial charge in [-0.25, -0.2) is 4.79 Å². The standard InChI is InChI=1S/C15H29NO2/c1-11-9-15(8,13(2,3)4)18-12(17)16(10-11)14(5,6)7/h11H,9-10H2,1-8H3/t11-,15-/m1/s1. The first kappa shape index (κ1) is 15.3. The van der Waals surface area contributed by atoms with E-state index in [9.17, 15) is 4.79 Å². The Hall–Kier alpha value is -0.730. The average molecular weight is 255 g/mol. The topological polar surface area (TPSA) is 29.5 Å². The third kappa shape index (κ3) is 2.99. The van der Waals surface area contributed by atoms with E-state index in [1.165, 1.54) is 0 Å². The third-order valence-corrected chi connectivity index (χ3v) is 4.16. The van der Waals surface area contributed by atoms with Crippen molar-refractivity contribution in [1.82, 2.24) is 4.90 Å². The molecule has 0 radical (unpaired) electrons. The molecule has 1 fully saturated rings. The zero-order valence-electron chi connectivity index (χ0n) is 13.3. The second-order valence-corrected chi connectivity index (χ2v) is 7.94. The predicted molar refractivity (Wildman–Crippen MR) is 74.6 cm³/mol. The number of amides is 1. The monoisotopic (exact) mass is 255 g/mol. The van der Waals surface area contributed by atoms with Crippen LogP contribution in [-0.2, 0) is 4.74 Å². The molecule has 0 aromatic carbocycles. The molecule has 1 aliphatic rings. The lowest BCUT2D eigenvalue weighted by molar-refractivity contribution is -0.0683. The molecule has 3 heteroatoms. The summed E-state index contributed by atoms with van der Waals surface area (Å²) >= 11 is 0. The highest BCUT2D eigenvalue weighted by Gasteiger charge is 2.47. The van der Waals surface area contributed by atoms with Crippen LogP contribution < -0.4 is 0 Å². The highest BCUT2D eigenvalue weighted by molar-refractivity contribution is 5.69. The molecule has 0 aromatic rings. The Morgan fingerprint density at radius 2 is 1.72 bits per heavy atom. The van der Waals surface area contributed by atoms with Crippen LogP contribution in [0.3, 0.4) is 0 Å². The van der Waals surface area contributed by atoms with Gasteiger partial charge in [-0.3, -0.25) is 0 Å². The van der Waals surface area contributed by atoms with Crippen LogP contribution in [0, 0.1) is 11.3 Å². The minimum atomic E-state index is -0.399. The number of nitrogens with zero attached hydrogens (tertiary/aromatic N) is 1. The van der Waals surface area contributed by atoms with Gasteiger partial charge in [0.15, 0.2) is 0 Å². The van der Waals surface area contributed by atoms with E-state index in [-0.39, 0.29) is 17.0 Å². The summed E-state index contributed by atoms with van der Waals surface area (Å²) in [6.07, 6.45) is 0.735. The molecule has 0 bridgehead atoms. The maximum atomic E-state index is 12.4. The van der Waals surface area contributed by atoms with Crippen LogP contribution in [0.4, 0.5) is 4.79 Å². The highest BCUT2D eigenvalue weighted by atomic mass is 16.6.